The van der Waals surface area contributed by atoms with Gasteiger partial charge >= 0.3 is 0 Å². The van der Waals surface area contributed by atoms with Gasteiger partial charge in [-0.3, -0.25) is 14.9 Å². The van der Waals surface area contributed by atoms with Gasteiger partial charge in [0.1, 0.15) is 11.4 Å². The van der Waals surface area contributed by atoms with Crippen LogP contribution in [0.5, 0.6) is 5.75 Å². The summed E-state index contributed by atoms with van der Waals surface area (Å²) in [6.07, 6.45) is 0. The number of carbonyl (C=O) groups is 1. The number of nitrogens with zero attached hydrogens (tertiary/aromatic N) is 2. The smallest absolute Gasteiger partial charge is 0.296 e. The number of ether oxygens (including phenoxy) is 1. The van der Waals surface area contributed by atoms with Crippen LogP contribution in [0.25, 0.3) is 21.5 Å². The normalized spacial score (nSPS) is 10.8. The molecule has 0 atom stereocenters. The molecule has 0 unspecified atom stereocenters. The molecule has 2 heterocycles. The fraction of sp³-hybridized carbons (Fsp3) is 0.0909. The van der Waals surface area contributed by atoms with Crippen molar-refractivity contribution in [2.75, 3.05) is 11.9 Å². The molecule has 0 saturated carbocycles. The number of amides is 1. The fourth-order valence-corrected chi connectivity index (χ4v) is 4.16. The summed E-state index contributed by atoms with van der Waals surface area (Å²) in [5.74, 6) is -0.117. The minimum Gasteiger partial charge on any atom is -0.494 e. The molecule has 1 amide bonds. The molecule has 0 fully saturated rings. The van der Waals surface area contributed by atoms with Crippen molar-refractivity contribution in [2.24, 2.45) is 0 Å². The van der Waals surface area contributed by atoms with E-state index in [9.17, 15) is 14.9 Å². The maximum Gasteiger partial charge on any atom is 0.296 e. The van der Waals surface area contributed by atoms with E-state index in [0.717, 1.165) is 4.88 Å². The molecule has 156 valence electrons. The molecule has 0 radical (unpaired) electrons. The predicted molar refractivity (Wildman–Crippen MR) is 122 cm³/mol. The molecular weight excluding hydrogens is 438 g/mol. The third-order valence-corrected chi connectivity index (χ3v) is 5.77. The summed E-state index contributed by atoms with van der Waals surface area (Å²) in [5.41, 5.74) is 1.43. The number of halogens is 1. The van der Waals surface area contributed by atoms with Gasteiger partial charge in [-0.2, -0.15) is 0 Å². The first-order chi connectivity index (χ1) is 15.0. The van der Waals surface area contributed by atoms with E-state index in [-0.39, 0.29) is 11.4 Å². The summed E-state index contributed by atoms with van der Waals surface area (Å²) in [6.45, 7) is 2.16. The van der Waals surface area contributed by atoms with E-state index in [4.69, 9.17) is 16.3 Å². The number of fused-ring (bicyclic) bond motifs is 1. The lowest BCUT2D eigenvalue weighted by molar-refractivity contribution is -0.384. The zero-order chi connectivity index (χ0) is 22.0. The SMILES string of the molecule is CCOc1ccc(NC(=O)c2cc(-c3ccc(Cl)s3)nc3ccccc23)c([N+](=O)[O-])c1. The Morgan fingerprint density at radius 3 is 2.71 bits per heavy atom. The quantitative estimate of drug-likeness (QED) is 0.278. The zero-order valence-electron chi connectivity index (χ0n) is 16.3. The maximum absolute atomic E-state index is 13.2. The molecule has 0 aliphatic carbocycles. The van der Waals surface area contributed by atoms with Gasteiger partial charge in [-0.25, -0.2) is 4.98 Å². The zero-order valence-corrected chi connectivity index (χ0v) is 17.9. The van der Waals surface area contributed by atoms with Gasteiger partial charge in [0.05, 0.1) is 43.6 Å². The Bertz CT molecular complexity index is 1310. The number of hydrogen-bond acceptors (Lipinski definition) is 6. The van der Waals surface area contributed by atoms with Crippen LogP contribution in [0.4, 0.5) is 11.4 Å². The largest absolute Gasteiger partial charge is 0.494 e. The van der Waals surface area contributed by atoms with E-state index in [0.29, 0.717) is 38.9 Å². The molecule has 31 heavy (non-hydrogen) atoms. The number of pyridine rings is 1. The number of nitro benzene ring substituents is 1. The molecule has 1 N–H and O–H groups in total. The highest BCUT2D eigenvalue weighted by atomic mass is 35.5. The van der Waals surface area contributed by atoms with Crippen LogP contribution in [0, 0.1) is 10.1 Å². The first-order valence-electron chi connectivity index (χ1n) is 9.34. The van der Waals surface area contributed by atoms with E-state index in [2.05, 4.69) is 10.3 Å². The second kappa shape index (κ2) is 8.71. The highest BCUT2D eigenvalue weighted by Crippen LogP contribution is 2.33. The van der Waals surface area contributed by atoms with Gasteiger partial charge in [0.2, 0.25) is 0 Å². The van der Waals surface area contributed by atoms with Crippen molar-refractivity contribution < 1.29 is 14.5 Å². The van der Waals surface area contributed by atoms with Gasteiger partial charge < -0.3 is 10.1 Å². The number of carbonyl (C=O) groups excluding carboxylic acids is 1. The molecule has 7 nitrogen and oxygen atoms in total. The van der Waals surface area contributed by atoms with Gasteiger partial charge in [0, 0.05) is 5.39 Å². The minimum absolute atomic E-state index is 0.0834. The van der Waals surface area contributed by atoms with Crippen molar-refractivity contribution in [1.82, 2.24) is 4.98 Å². The second-order valence-corrected chi connectivity index (χ2v) is 8.21. The van der Waals surface area contributed by atoms with Crippen LogP contribution in [-0.2, 0) is 0 Å². The Kier molecular flexibility index (Phi) is 5.83. The number of nitrogens with one attached hydrogen (secondary N) is 1. The molecule has 0 aliphatic heterocycles. The molecule has 0 bridgehead atoms. The standard InChI is InChI=1S/C22H16ClN3O4S/c1-2-30-13-7-8-17(19(11-13)26(28)29)25-22(27)15-12-18(20-9-10-21(23)31-20)24-16-6-4-3-5-14(15)16/h3-12H,2H2,1H3,(H,25,27). The van der Waals surface area contributed by atoms with Crippen molar-refractivity contribution in [3.8, 4) is 16.3 Å². The monoisotopic (exact) mass is 453 g/mol. The van der Waals surface area contributed by atoms with Crippen molar-refractivity contribution in [2.45, 2.75) is 6.92 Å². The maximum atomic E-state index is 13.2. The van der Waals surface area contributed by atoms with E-state index >= 15 is 0 Å². The van der Waals surface area contributed by atoms with Crippen LogP contribution in [0.3, 0.4) is 0 Å². The first-order valence-corrected chi connectivity index (χ1v) is 10.5. The Morgan fingerprint density at radius 1 is 1.19 bits per heavy atom. The molecule has 0 aliphatic rings. The molecule has 0 saturated heterocycles. The van der Waals surface area contributed by atoms with E-state index in [1.165, 1.54) is 23.5 Å². The van der Waals surface area contributed by atoms with Crippen molar-refractivity contribution in [1.29, 1.82) is 0 Å². The highest BCUT2D eigenvalue weighted by Gasteiger charge is 2.20. The average molecular weight is 454 g/mol. The Labute approximate surface area is 186 Å². The summed E-state index contributed by atoms with van der Waals surface area (Å²) in [4.78, 5) is 29.6. The number of aromatic nitrogens is 1. The molecule has 2 aromatic carbocycles. The lowest BCUT2D eigenvalue weighted by atomic mass is 10.1. The Balaban J connectivity index is 1.77. The third kappa shape index (κ3) is 4.35. The fourth-order valence-electron chi connectivity index (χ4n) is 3.16. The van der Waals surface area contributed by atoms with Crippen LogP contribution in [0.15, 0.2) is 60.7 Å². The van der Waals surface area contributed by atoms with Gasteiger partial charge in [-0.05, 0) is 43.3 Å². The minimum atomic E-state index is -0.554. The van der Waals surface area contributed by atoms with Crippen LogP contribution < -0.4 is 10.1 Å². The third-order valence-electron chi connectivity index (χ3n) is 4.51. The second-order valence-electron chi connectivity index (χ2n) is 6.50. The Hall–Kier alpha value is -3.49. The van der Waals surface area contributed by atoms with Crippen molar-refractivity contribution in [3.05, 3.63) is 80.7 Å². The summed E-state index contributed by atoms with van der Waals surface area (Å²) in [6, 6.07) is 16.8. The molecular formula is C22H16ClN3O4S. The topological polar surface area (TPSA) is 94.4 Å². The molecule has 2 aromatic heterocycles. The molecule has 9 heteroatoms. The number of anilines is 1. The van der Waals surface area contributed by atoms with Crippen LogP contribution in [-0.4, -0.2) is 22.4 Å². The van der Waals surface area contributed by atoms with E-state index in [1.54, 1.807) is 31.2 Å². The van der Waals surface area contributed by atoms with Gasteiger partial charge in [-0.15, -0.1) is 11.3 Å². The highest BCUT2D eigenvalue weighted by molar-refractivity contribution is 7.19. The summed E-state index contributed by atoms with van der Waals surface area (Å²) >= 11 is 7.41. The molecule has 0 spiro atoms. The number of nitro groups is 1. The number of thiophene rings is 1. The predicted octanol–water partition coefficient (Wildman–Crippen LogP) is 6.18. The first kappa shape index (κ1) is 20.8. The number of para-hydroxylation sites is 1. The van der Waals surface area contributed by atoms with Gasteiger partial charge in [0.25, 0.3) is 11.6 Å². The Morgan fingerprint density at radius 2 is 2.00 bits per heavy atom. The number of rotatable bonds is 6. The van der Waals surface area contributed by atoms with Crippen molar-refractivity contribution >= 4 is 51.1 Å². The van der Waals surface area contributed by atoms with Crippen LogP contribution in [0.2, 0.25) is 4.34 Å². The van der Waals surface area contributed by atoms with Crippen LogP contribution >= 0.6 is 22.9 Å². The van der Waals surface area contributed by atoms with E-state index < -0.39 is 10.8 Å². The average Bonchev–Trinajstić information content (AvgIpc) is 3.20. The van der Waals surface area contributed by atoms with Crippen LogP contribution in [0.1, 0.15) is 17.3 Å². The van der Waals surface area contributed by atoms with Gasteiger partial charge in [0.15, 0.2) is 0 Å². The van der Waals surface area contributed by atoms with E-state index in [1.807, 2.05) is 24.3 Å². The summed E-state index contributed by atoms with van der Waals surface area (Å²) < 4.78 is 5.94. The summed E-state index contributed by atoms with van der Waals surface area (Å²) in [7, 11) is 0. The van der Waals surface area contributed by atoms with Gasteiger partial charge in [-0.1, -0.05) is 29.8 Å². The lowest BCUT2D eigenvalue weighted by Gasteiger charge is -2.11. The molecule has 4 rings (SSSR count). The number of benzene rings is 2. The number of hydrogen-bond donors (Lipinski definition) is 1. The van der Waals surface area contributed by atoms with Crippen molar-refractivity contribution in [3.63, 3.8) is 0 Å². The lowest BCUT2D eigenvalue weighted by Crippen LogP contribution is -2.14. The summed E-state index contributed by atoms with van der Waals surface area (Å²) in [5, 5.41) is 14.8. The molecule has 4 aromatic rings.